The van der Waals surface area contributed by atoms with Crippen LogP contribution in [0.4, 0.5) is 0 Å². The lowest BCUT2D eigenvalue weighted by Crippen LogP contribution is -2.33. The van der Waals surface area contributed by atoms with E-state index in [1.54, 1.807) is 20.8 Å². The van der Waals surface area contributed by atoms with Crippen LogP contribution >= 0.6 is 0 Å². The summed E-state index contributed by atoms with van der Waals surface area (Å²) < 4.78 is 23.1. The second kappa shape index (κ2) is 5.70. The first-order chi connectivity index (χ1) is 8.13. The fourth-order valence-corrected chi connectivity index (χ4v) is 3.27. The van der Waals surface area contributed by atoms with Crippen LogP contribution in [-0.2, 0) is 14.6 Å². The molecule has 0 saturated heterocycles. The van der Waals surface area contributed by atoms with Gasteiger partial charge in [-0.3, -0.25) is 4.79 Å². The Kier molecular flexibility index (Phi) is 4.95. The molecule has 1 aliphatic rings. The molecule has 0 aromatic carbocycles. The number of sulfone groups is 1. The molecular weight excluding hydrogens is 250 g/mol. The van der Waals surface area contributed by atoms with Gasteiger partial charge in [0.2, 0.25) is 0 Å². The van der Waals surface area contributed by atoms with E-state index in [1.807, 2.05) is 0 Å². The van der Waals surface area contributed by atoms with Crippen LogP contribution in [0.1, 0.15) is 52.9 Å². The van der Waals surface area contributed by atoms with Crippen molar-refractivity contribution in [1.29, 1.82) is 0 Å². The normalized spacial score (nSPS) is 26.0. The highest BCUT2D eigenvalue weighted by molar-refractivity contribution is 7.92. The summed E-state index contributed by atoms with van der Waals surface area (Å²) in [6, 6.07) is 0.215. The fourth-order valence-electron chi connectivity index (χ4n) is 2.19. The van der Waals surface area contributed by atoms with E-state index in [-0.39, 0.29) is 29.9 Å². The van der Waals surface area contributed by atoms with Crippen molar-refractivity contribution in [1.82, 2.24) is 0 Å². The summed E-state index contributed by atoms with van der Waals surface area (Å²) in [6.45, 7) is 5.02. The predicted molar refractivity (Wildman–Crippen MR) is 73.1 cm³/mol. The topological polar surface area (TPSA) is 77.2 Å². The van der Waals surface area contributed by atoms with Gasteiger partial charge in [-0.1, -0.05) is 0 Å². The predicted octanol–water partition coefficient (Wildman–Crippen LogP) is 1.68. The van der Waals surface area contributed by atoms with Gasteiger partial charge < -0.3 is 5.73 Å². The van der Waals surface area contributed by atoms with E-state index in [0.29, 0.717) is 0 Å². The van der Waals surface area contributed by atoms with Crippen LogP contribution in [0.5, 0.6) is 0 Å². The lowest BCUT2D eigenvalue weighted by Gasteiger charge is -2.25. The number of hydrogen-bond donors (Lipinski definition) is 1. The third-order valence-electron chi connectivity index (χ3n) is 3.78. The summed E-state index contributed by atoms with van der Waals surface area (Å²) >= 11 is 0. The molecule has 0 aliphatic heterocycles. The number of ketones is 1. The molecule has 1 saturated carbocycles. The van der Waals surface area contributed by atoms with Crippen LogP contribution in [0.2, 0.25) is 0 Å². The molecule has 1 aliphatic carbocycles. The monoisotopic (exact) mass is 275 g/mol. The molecule has 5 heteroatoms. The molecule has 0 heterocycles. The van der Waals surface area contributed by atoms with Gasteiger partial charge in [0.15, 0.2) is 9.84 Å². The summed E-state index contributed by atoms with van der Waals surface area (Å²) in [7, 11) is -3.19. The molecule has 0 bridgehead atoms. The molecule has 106 valence electrons. The molecule has 1 fully saturated rings. The minimum Gasteiger partial charge on any atom is -0.328 e. The highest BCUT2D eigenvalue weighted by Crippen LogP contribution is 2.26. The Bertz CT molecular complexity index is 387. The molecule has 0 atom stereocenters. The first-order valence-electron chi connectivity index (χ1n) is 6.64. The van der Waals surface area contributed by atoms with E-state index >= 15 is 0 Å². The van der Waals surface area contributed by atoms with Crippen LogP contribution < -0.4 is 5.73 Å². The van der Waals surface area contributed by atoms with Crippen molar-refractivity contribution < 1.29 is 13.2 Å². The molecule has 4 nitrogen and oxygen atoms in total. The van der Waals surface area contributed by atoms with E-state index in [1.165, 1.54) is 0 Å². The Morgan fingerprint density at radius 2 is 1.67 bits per heavy atom. The minimum atomic E-state index is -3.19. The Morgan fingerprint density at radius 3 is 2.11 bits per heavy atom. The van der Waals surface area contributed by atoms with Gasteiger partial charge in [0.1, 0.15) is 5.78 Å². The quantitative estimate of drug-likeness (QED) is 0.846. The van der Waals surface area contributed by atoms with Gasteiger partial charge in [0, 0.05) is 18.4 Å². The van der Waals surface area contributed by atoms with Gasteiger partial charge in [0.25, 0.3) is 0 Å². The van der Waals surface area contributed by atoms with Crippen LogP contribution in [0.25, 0.3) is 0 Å². The highest BCUT2D eigenvalue weighted by Gasteiger charge is 2.31. The van der Waals surface area contributed by atoms with E-state index in [9.17, 15) is 13.2 Å². The van der Waals surface area contributed by atoms with Crippen LogP contribution in [-0.4, -0.2) is 30.7 Å². The first kappa shape index (κ1) is 15.6. The van der Waals surface area contributed by atoms with E-state index in [2.05, 4.69) is 0 Å². The number of hydrogen-bond acceptors (Lipinski definition) is 4. The van der Waals surface area contributed by atoms with Crippen molar-refractivity contribution in [2.45, 2.75) is 63.7 Å². The highest BCUT2D eigenvalue weighted by atomic mass is 32.2. The Morgan fingerprint density at radius 1 is 1.17 bits per heavy atom. The van der Waals surface area contributed by atoms with Gasteiger partial charge in [-0.2, -0.15) is 0 Å². The summed E-state index contributed by atoms with van der Waals surface area (Å²) in [4.78, 5) is 12.0. The van der Waals surface area contributed by atoms with E-state index in [0.717, 1.165) is 25.7 Å². The average Bonchev–Trinajstić information content (AvgIpc) is 2.25. The number of carbonyl (C=O) groups excluding carboxylic acids is 1. The summed E-state index contributed by atoms with van der Waals surface area (Å²) in [5.41, 5.74) is 5.79. The van der Waals surface area contributed by atoms with Gasteiger partial charge in [-0.25, -0.2) is 8.42 Å². The number of nitrogens with two attached hydrogens (primary N) is 1. The van der Waals surface area contributed by atoms with Crippen LogP contribution in [0, 0.1) is 5.92 Å². The standard InChI is InChI=1S/C13H25NO3S/c1-13(2,3)18(16,17)9-8-12(15)10-4-6-11(14)7-5-10/h10-11H,4-9,14H2,1-3H3. The van der Waals surface area contributed by atoms with E-state index in [4.69, 9.17) is 5.73 Å². The number of Topliss-reactive ketones (excluding diaryl/α,β-unsaturated/α-hetero) is 1. The smallest absolute Gasteiger partial charge is 0.155 e. The zero-order valence-electron chi connectivity index (χ0n) is 11.6. The summed E-state index contributed by atoms with van der Waals surface area (Å²) in [5, 5.41) is 0. The maximum absolute atomic E-state index is 12.0. The van der Waals surface area contributed by atoms with Crippen molar-refractivity contribution in [3.05, 3.63) is 0 Å². The molecule has 1 rings (SSSR count). The second-order valence-electron chi connectivity index (χ2n) is 6.26. The van der Waals surface area contributed by atoms with Crippen molar-refractivity contribution in [2.24, 2.45) is 11.7 Å². The average molecular weight is 275 g/mol. The molecule has 0 aromatic heterocycles. The maximum Gasteiger partial charge on any atom is 0.155 e. The van der Waals surface area contributed by atoms with Gasteiger partial charge in [-0.15, -0.1) is 0 Å². The largest absolute Gasteiger partial charge is 0.328 e. The maximum atomic E-state index is 12.0. The molecule has 18 heavy (non-hydrogen) atoms. The zero-order valence-corrected chi connectivity index (χ0v) is 12.4. The zero-order chi connectivity index (χ0) is 14.0. The molecule has 0 radical (unpaired) electrons. The number of rotatable bonds is 4. The summed E-state index contributed by atoms with van der Waals surface area (Å²) in [6.07, 6.45) is 3.54. The van der Waals surface area contributed by atoms with Gasteiger partial charge in [0.05, 0.1) is 10.5 Å². The van der Waals surface area contributed by atoms with Crippen LogP contribution in [0.3, 0.4) is 0 Å². The summed E-state index contributed by atoms with van der Waals surface area (Å²) in [5.74, 6) is 0.0902. The third-order valence-corrected chi connectivity index (χ3v) is 6.38. The molecule has 2 N–H and O–H groups in total. The molecule has 0 amide bonds. The fraction of sp³-hybridized carbons (Fsp3) is 0.923. The molecular formula is C13H25NO3S. The van der Waals surface area contributed by atoms with Crippen LogP contribution in [0.15, 0.2) is 0 Å². The van der Waals surface area contributed by atoms with Crippen molar-refractivity contribution in [3.63, 3.8) is 0 Å². The molecule has 0 unspecified atom stereocenters. The first-order valence-corrected chi connectivity index (χ1v) is 8.29. The number of carbonyl (C=O) groups is 1. The van der Waals surface area contributed by atoms with Crippen molar-refractivity contribution in [2.75, 3.05) is 5.75 Å². The SMILES string of the molecule is CC(C)(C)S(=O)(=O)CCC(=O)C1CCC(N)CC1. The van der Waals surface area contributed by atoms with Gasteiger partial charge >= 0.3 is 0 Å². The van der Waals surface area contributed by atoms with Crippen molar-refractivity contribution >= 4 is 15.6 Å². The third kappa shape index (κ3) is 4.05. The Balaban J connectivity index is 2.47. The lowest BCUT2D eigenvalue weighted by atomic mass is 9.83. The second-order valence-corrected chi connectivity index (χ2v) is 9.12. The van der Waals surface area contributed by atoms with E-state index < -0.39 is 14.6 Å². The Labute approximate surface area is 110 Å². The lowest BCUT2D eigenvalue weighted by molar-refractivity contribution is -0.123. The minimum absolute atomic E-state index is 0.0277. The molecule has 0 spiro atoms. The van der Waals surface area contributed by atoms with Gasteiger partial charge in [-0.05, 0) is 46.5 Å². The van der Waals surface area contributed by atoms with Crippen molar-refractivity contribution in [3.8, 4) is 0 Å². The molecule has 0 aromatic rings. The Hall–Kier alpha value is -0.420.